The summed E-state index contributed by atoms with van der Waals surface area (Å²) in [7, 11) is 1.62. The van der Waals surface area contributed by atoms with Gasteiger partial charge < -0.3 is 9.26 Å². The van der Waals surface area contributed by atoms with Crippen molar-refractivity contribution in [2.75, 3.05) is 7.11 Å². The lowest BCUT2D eigenvalue weighted by atomic mass is 10.2. The quantitative estimate of drug-likeness (QED) is 0.324. The average Bonchev–Trinajstić information content (AvgIpc) is 3.33. The van der Waals surface area contributed by atoms with Gasteiger partial charge in [-0.25, -0.2) is 4.68 Å². The first kappa shape index (κ1) is 17.9. The largest absolute Gasteiger partial charge is 0.496 e. The van der Waals surface area contributed by atoms with E-state index in [-0.39, 0.29) is 0 Å². The zero-order valence-electron chi connectivity index (χ0n) is 14.2. The van der Waals surface area contributed by atoms with Crippen LogP contribution in [-0.4, -0.2) is 27.0 Å². The Morgan fingerprint density at radius 3 is 2.74 bits per heavy atom. The molecule has 0 fully saturated rings. The first-order valence-corrected chi connectivity index (χ1v) is 10.2. The van der Waals surface area contributed by atoms with Gasteiger partial charge in [0.2, 0.25) is 11.7 Å². The zero-order valence-corrected chi connectivity index (χ0v) is 16.7. The molecule has 0 atom stereocenters. The van der Waals surface area contributed by atoms with E-state index in [2.05, 4.69) is 15.2 Å². The summed E-state index contributed by atoms with van der Waals surface area (Å²) in [5.41, 5.74) is 1.74. The van der Waals surface area contributed by atoms with Gasteiger partial charge in [-0.15, -0.1) is 5.10 Å². The number of thioether (sulfide) groups is 1. The van der Waals surface area contributed by atoms with Gasteiger partial charge in [0.1, 0.15) is 5.75 Å². The first-order valence-electron chi connectivity index (χ1n) is 7.99. The lowest BCUT2D eigenvalue weighted by molar-refractivity contribution is 0.390. The average molecular weight is 415 g/mol. The predicted octanol–water partition coefficient (Wildman–Crippen LogP) is 5.01. The van der Waals surface area contributed by atoms with Gasteiger partial charge >= 0.3 is 0 Å². The number of methoxy groups -OCH3 is 1. The summed E-state index contributed by atoms with van der Waals surface area (Å²) in [4.78, 5) is 4.46. The van der Waals surface area contributed by atoms with Gasteiger partial charge in [0, 0.05) is 0 Å². The Kier molecular flexibility index (Phi) is 5.33. The van der Waals surface area contributed by atoms with E-state index < -0.39 is 0 Å². The van der Waals surface area contributed by atoms with E-state index in [0.29, 0.717) is 27.2 Å². The second-order valence-corrected chi connectivity index (χ2v) is 8.23. The van der Waals surface area contributed by atoms with Crippen molar-refractivity contribution in [3.05, 3.63) is 64.4 Å². The van der Waals surface area contributed by atoms with Crippen molar-refractivity contribution in [1.82, 2.24) is 19.9 Å². The molecule has 0 aliphatic heterocycles. The van der Waals surface area contributed by atoms with Crippen molar-refractivity contribution in [3.63, 3.8) is 0 Å². The number of rotatable bonds is 6. The topological polar surface area (TPSA) is 66.0 Å². The number of benzene rings is 2. The lowest BCUT2D eigenvalue weighted by Gasteiger charge is -2.02. The predicted molar refractivity (Wildman–Crippen MR) is 108 cm³/mol. The normalized spacial score (nSPS) is 10.9. The van der Waals surface area contributed by atoms with Gasteiger partial charge in [0.05, 0.1) is 24.1 Å². The first-order chi connectivity index (χ1) is 13.2. The third-order valence-electron chi connectivity index (χ3n) is 3.67. The van der Waals surface area contributed by atoms with Crippen LogP contribution in [-0.2, 0) is 5.75 Å². The van der Waals surface area contributed by atoms with E-state index in [0.717, 1.165) is 15.6 Å². The Morgan fingerprint density at radius 2 is 1.93 bits per heavy atom. The number of aromatic nitrogens is 4. The van der Waals surface area contributed by atoms with Gasteiger partial charge in [-0.05, 0) is 36.5 Å². The highest BCUT2D eigenvalue weighted by Crippen LogP contribution is 2.30. The molecule has 2 heterocycles. The molecule has 0 saturated carbocycles. The number of para-hydroxylation sites is 2. The minimum absolute atomic E-state index is 0.505. The Labute approximate surface area is 168 Å². The molecule has 4 rings (SSSR count). The minimum Gasteiger partial charge on any atom is -0.496 e. The SMILES string of the molecule is COc1ccccc1-c1noc(CSc2nn(-c3ccccc3)c(=S)s2)n1. The van der Waals surface area contributed by atoms with Crippen LogP contribution in [0.2, 0.25) is 0 Å². The highest BCUT2D eigenvalue weighted by molar-refractivity contribution is 8.00. The summed E-state index contributed by atoms with van der Waals surface area (Å²) in [6.07, 6.45) is 0. The Balaban J connectivity index is 1.49. The summed E-state index contributed by atoms with van der Waals surface area (Å²) >= 11 is 8.39. The van der Waals surface area contributed by atoms with Crippen LogP contribution in [0.5, 0.6) is 5.75 Å². The molecule has 0 spiro atoms. The van der Waals surface area contributed by atoms with Gasteiger partial charge in [0.25, 0.3) is 0 Å². The van der Waals surface area contributed by atoms with Crippen LogP contribution in [0.1, 0.15) is 5.89 Å². The maximum Gasteiger partial charge on any atom is 0.237 e. The number of nitrogens with zero attached hydrogens (tertiary/aromatic N) is 4. The fourth-order valence-corrected chi connectivity index (χ4v) is 4.63. The molecule has 0 N–H and O–H groups in total. The Bertz CT molecular complexity index is 1110. The van der Waals surface area contributed by atoms with Crippen molar-refractivity contribution in [1.29, 1.82) is 0 Å². The van der Waals surface area contributed by atoms with E-state index in [1.807, 2.05) is 54.6 Å². The van der Waals surface area contributed by atoms with Gasteiger partial charge in [0.15, 0.2) is 8.29 Å². The Hall–Kier alpha value is -2.49. The van der Waals surface area contributed by atoms with Crippen LogP contribution in [0.4, 0.5) is 0 Å². The minimum atomic E-state index is 0.505. The van der Waals surface area contributed by atoms with E-state index in [1.165, 1.54) is 23.1 Å². The van der Waals surface area contributed by atoms with Gasteiger partial charge in [-0.3, -0.25) is 0 Å². The highest BCUT2D eigenvalue weighted by Gasteiger charge is 2.14. The van der Waals surface area contributed by atoms with E-state index in [9.17, 15) is 0 Å². The van der Waals surface area contributed by atoms with Crippen LogP contribution in [0.15, 0.2) is 63.5 Å². The number of hydrogen-bond donors (Lipinski definition) is 0. The zero-order chi connectivity index (χ0) is 18.6. The molecule has 136 valence electrons. The molecule has 2 aromatic heterocycles. The summed E-state index contributed by atoms with van der Waals surface area (Å²) in [5, 5.41) is 8.63. The molecule has 0 saturated heterocycles. The van der Waals surface area contributed by atoms with E-state index in [1.54, 1.807) is 11.8 Å². The molecule has 9 heteroatoms. The summed E-state index contributed by atoms with van der Waals surface area (Å²) < 4.78 is 14.0. The smallest absolute Gasteiger partial charge is 0.237 e. The second-order valence-electron chi connectivity index (χ2n) is 5.38. The van der Waals surface area contributed by atoms with Crippen LogP contribution in [0.3, 0.4) is 0 Å². The van der Waals surface area contributed by atoms with Crippen LogP contribution in [0.25, 0.3) is 17.1 Å². The van der Waals surface area contributed by atoms with Crippen molar-refractivity contribution in [2.24, 2.45) is 0 Å². The molecular formula is C18H14N4O2S3. The van der Waals surface area contributed by atoms with Gasteiger partial charge in [-0.1, -0.05) is 58.6 Å². The lowest BCUT2D eigenvalue weighted by Crippen LogP contribution is -1.95. The molecule has 0 aliphatic rings. The fourth-order valence-electron chi connectivity index (χ4n) is 2.43. The third kappa shape index (κ3) is 3.95. The monoisotopic (exact) mass is 414 g/mol. The van der Waals surface area contributed by atoms with E-state index in [4.69, 9.17) is 21.5 Å². The van der Waals surface area contributed by atoms with Crippen LogP contribution in [0, 0.1) is 3.95 Å². The van der Waals surface area contributed by atoms with Crippen molar-refractivity contribution in [2.45, 2.75) is 10.1 Å². The van der Waals surface area contributed by atoms with Crippen LogP contribution >= 0.6 is 35.3 Å². The maximum absolute atomic E-state index is 5.42. The summed E-state index contributed by atoms with van der Waals surface area (Å²) in [6, 6.07) is 17.4. The fraction of sp³-hybridized carbons (Fsp3) is 0.111. The molecule has 0 aliphatic carbocycles. The Morgan fingerprint density at radius 1 is 1.15 bits per heavy atom. The summed E-state index contributed by atoms with van der Waals surface area (Å²) in [5.74, 6) is 2.25. The molecule has 0 radical (unpaired) electrons. The summed E-state index contributed by atoms with van der Waals surface area (Å²) in [6.45, 7) is 0. The van der Waals surface area contributed by atoms with Crippen molar-refractivity contribution >= 4 is 35.3 Å². The number of ether oxygens (including phenoxy) is 1. The molecule has 2 aromatic carbocycles. The molecule has 4 aromatic rings. The highest BCUT2D eigenvalue weighted by atomic mass is 32.2. The van der Waals surface area contributed by atoms with Crippen molar-refractivity contribution < 1.29 is 9.26 Å². The second kappa shape index (κ2) is 8.03. The maximum atomic E-state index is 5.42. The van der Waals surface area contributed by atoms with E-state index >= 15 is 0 Å². The molecule has 6 nitrogen and oxygen atoms in total. The molecule has 27 heavy (non-hydrogen) atoms. The molecule has 0 bridgehead atoms. The third-order valence-corrected chi connectivity index (χ3v) is 6.02. The number of hydrogen-bond acceptors (Lipinski definition) is 8. The standard InChI is InChI=1S/C18H14N4O2S3/c1-23-14-10-6-5-9-13(14)16-19-15(24-21-16)11-26-17-20-22(18(25)27-17)12-7-3-2-4-8-12/h2-10H,11H2,1H3. The molecule has 0 unspecified atom stereocenters. The molecule has 0 amide bonds. The van der Waals surface area contributed by atoms with Crippen LogP contribution < -0.4 is 4.74 Å². The molecular weight excluding hydrogens is 400 g/mol. The van der Waals surface area contributed by atoms with Gasteiger partial charge in [-0.2, -0.15) is 4.98 Å². The van der Waals surface area contributed by atoms with Crippen molar-refractivity contribution in [3.8, 4) is 22.8 Å².